The van der Waals surface area contributed by atoms with Crippen LogP contribution in [-0.4, -0.2) is 36.2 Å². The molecule has 0 unspecified atom stereocenters. The van der Waals surface area contributed by atoms with Crippen molar-refractivity contribution >= 4 is 0 Å². The van der Waals surface area contributed by atoms with Gasteiger partial charge in [0.05, 0.1) is 6.10 Å². The van der Waals surface area contributed by atoms with Crippen molar-refractivity contribution in [3.63, 3.8) is 0 Å². The first kappa shape index (κ1) is 19.4. The fourth-order valence-corrected chi connectivity index (χ4v) is 1.81. The van der Waals surface area contributed by atoms with Crippen LogP contribution in [-0.2, 0) is 17.1 Å². The van der Waals surface area contributed by atoms with Gasteiger partial charge >= 0.3 is 17.1 Å². The first-order chi connectivity index (χ1) is 8.54. The van der Waals surface area contributed by atoms with Gasteiger partial charge < -0.3 is 10.0 Å². The Morgan fingerprint density at radius 2 is 1.26 bits per heavy atom. The zero-order chi connectivity index (χ0) is 13.5. The maximum Gasteiger partial charge on any atom is 2.00 e. The van der Waals surface area contributed by atoms with Crippen LogP contribution in [0.15, 0.2) is 0 Å². The van der Waals surface area contributed by atoms with Gasteiger partial charge in [-0.15, -0.1) is 0 Å². The van der Waals surface area contributed by atoms with Crippen LogP contribution >= 0.6 is 0 Å². The molecule has 2 aliphatic carbocycles. The zero-order valence-corrected chi connectivity index (χ0v) is 13.1. The summed E-state index contributed by atoms with van der Waals surface area (Å²) in [6.45, 7) is 3.95. The molecule has 2 saturated carbocycles. The van der Waals surface area contributed by atoms with Gasteiger partial charge in [-0.2, -0.15) is 0 Å². The molecule has 2 rings (SSSR count). The van der Waals surface area contributed by atoms with Crippen LogP contribution < -0.4 is 0 Å². The first-order valence-corrected chi connectivity index (χ1v) is 6.30. The summed E-state index contributed by atoms with van der Waals surface area (Å²) in [5.41, 5.74) is 0. The molecule has 1 N–H and O–H groups in total. The maximum atomic E-state index is 9.51. The van der Waals surface area contributed by atoms with Crippen molar-refractivity contribution in [3.8, 4) is 0 Å². The average molecular weight is 301 g/mol. The van der Waals surface area contributed by atoms with E-state index in [2.05, 4.69) is 18.2 Å². The maximum absolute atomic E-state index is 9.51. The number of aliphatic hydroxyl groups excluding tert-OH is 1. The van der Waals surface area contributed by atoms with E-state index in [1.807, 2.05) is 59.0 Å². The predicted molar refractivity (Wildman–Crippen MR) is 75.7 cm³/mol. The minimum absolute atomic E-state index is 0. The fraction of sp³-hybridized carbons (Fsp3) is 0.375. The molecule has 0 aromatic rings. The topological polar surface area (TPSA) is 23.5 Å². The quantitative estimate of drug-likeness (QED) is 0.807. The van der Waals surface area contributed by atoms with Crippen LogP contribution in [0.4, 0.5) is 0 Å². The molecular weight excluding hydrogens is 278 g/mol. The third-order valence-corrected chi connectivity index (χ3v) is 3.12. The Morgan fingerprint density at radius 3 is 1.63 bits per heavy atom. The minimum Gasteiger partial charge on any atom is -0.393 e. The van der Waals surface area contributed by atoms with Gasteiger partial charge in [-0.05, 0) is 79.3 Å². The monoisotopic (exact) mass is 301 g/mol. The van der Waals surface area contributed by atoms with Crippen molar-refractivity contribution in [2.75, 3.05) is 14.1 Å². The Labute approximate surface area is 130 Å². The molecule has 0 aromatic heterocycles. The Balaban J connectivity index is 0.000000454. The molecule has 2 fully saturated rings. The van der Waals surface area contributed by atoms with Gasteiger partial charge in [-0.1, -0.05) is 0 Å². The number of rotatable bonds is 3. The van der Waals surface area contributed by atoms with Gasteiger partial charge in [0.1, 0.15) is 0 Å². The van der Waals surface area contributed by atoms with E-state index in [0.717, 1.165) is 5.92 Å². The summed E-state index contributed by atoms with van der Waals surface area (Å²) in [6, 6.07) is 0.361. The second-order valence-electron chi connectivity index (χ2n) is 4.71. The van der Waals surface area contributed by atoms with Crippen LogP contribution in [0, 0.1) is 63.2 Å². The van der Waals surface area contributed by atoms with Crippen LogP contribution in [0.1, 0.15) is 13.8 Å². The van der Waals surface area contributed by atoms with E-state index < -0.39 is 0 Å². The number of aliphatic hydroxyl groups is 1. The van der Waals surface area contributed by atoms with Gasteiger partial charge in [0.2, 0.25) is 0 Å². The molecule has 0 saturated heterocycles. The first-order valence-electron chi connectivity index (χ1n) is 6.30. The summed E-state index contributed by atoms with van der Waals surface area (Å²) in [5.74, 6) is 2.27. The van der Waals surface area contributed by atoms with Gasteiger partial charge in [0.25, 0.3) is 0 Å². The van der Waals surface area contributed by atoms with Crippen molar-refractivity contribution in [1.82, 2.24) is 4.90 Å². The molecule has 3 heteroatoms. The van der Waals surface area contributed by atoms with Crippen LogP contribution in [0.3, 0.4) is 0 Å². The van der Waals surface area contributed by atoms with Crippen molar-refractivity contribution < 1.29 is 22.2 Å². The molecule has 0 spiro atoms. The molecule has 0 heterocycles. The summed E-state index contributed by atoms with van der Waals surface area (Å²) in [6.07, 6.45) is 15.7. The number of nitrogens with zero attached hydrogens (tertiary/aromatic N) is 1. The van der Waals surface area contributed by atoms with Crippen LogP contribution in [0.25, 0.3) is 0 Å². The van der Waals surface area contributed by atoms with Crippen molar-refractivity contribution in [1.29, 1.82) is 0 Å². The molecule has 19 heavy (non-hydrogen) atoms. The molecule has 10 radical (unpaired) electrons. The van der Waals surface area contributed by atoms with E-state index in [-0.39, 0.29) is 23.2 Å². The molecule has 0 bridgehead atoms. The van der Waals surface area contributed by atoms with Gasteiger partial charge in [-0.25, -0.2) is 0 Å². The van der Waals surface area contributed by atoms with Crippen molar-refractivity contribution in [2.45, 2.75) is 26.0 Å². The van der Waals surface area contributed by atoms with E-state index >= 15 is 0 Å². The normalized spacial score (nSPS) is 23.7. The van der Waals surface area contributed by atoms with E-state index in [1.54, 1.807) is 6.92 Å². The van der Waals surface area contributed by atoms with E-state index in [1.165, 1.54) is 5.92 Å². The predicted octanol–water partition coefficient (Wildman–Crippen LogP) is 2.11. The van der Waals surface area contributed by atoms with E-state index in [4.69, 9.17) is 0 Å². The minimum atomic E-state index is -0.368. The second-order valence-corrected chi connectivity index (χ2v) is 4.71. The van der Waals surface area contributed by atoms with Crippen molar-refractivity contribution in [2.24, 2.45) is 0 Å². The molecule has 0 amide bonds. The van der Waals surface area contributed by atoms with Gasteiger partial charge in [-0.3, -0.25) is 0 Å². The average Bonchev–Trinajstić information content (AvgIpc) is 3.01. The SMILES string of the molecule is C[C@H](O)[C]1[CH][CH][CH][C]1[C@H](C)N(C)C.[CH]1[CH][CH][CH][CH]1.[Fe+2]. The smallest absolute Gasteiger partial charge is 0.393 e. The fourth-order valence-electron chi connectivity index (χ4n) is 1.81. The summed E-state index contributed by atoms with van der Waals surface area (Å²) in [7, 11) is 4.09. The summed E-state index contributed by atoms with van der Waals surface area (Å²) >= 11 is 0. The summed E-state index contributed by atoms with van der Waals surface area (Å²) in [5, 5.41) is 9.51. The molecule has 2 nitrogen and oxygen atoms in total. The Kier molecular flexibility index (Phi) is 10.4. The standard InChI is InChI=1S/C11H18NO.C5H5.Fe/c1-8(12(3)4)10-6-5-7-11(10)9(2)13;1-2-4-5-3-1;/h5-9,13H,1-4H3;1-5H;/q;;+2/t8-,9-;;/m0../s1. The Hall–Kier alpha value is 0.439. The van der Waals surface area contributed by atoms with Crippen LogP contribution in [0.5, 0.6) is 0 Å². The summed E-state index contributed by atoms with van der Waals surface area (Å²) < 4.78 is 0. The van der Waals surface area contributed by atoms with Gasteiger partial charge in [0, 0.05) is 17.9 Å². The molecule has 2 aliphatic rings. The third-order valence-electron chi connectivity index (χ3n) is 3.12. The molecule has 104 valence electrons. The van der Waals surface area contributed by atoms with E-state index in [9.17, 15) is 5.11 Å². The zero-order valence-electron chi connectivity index (χ0n) is 12.0. The largest absolute Gasteiger partial charge is 2.00 e. The Morgan fingerprint density at radius 1 is 0.842 bits per heavy atom. The summed E-state index contributed by atoms with van der Waals surface area (Å²) in [4.78, 5) is 2.14. The van der Waals surface area contributed by atoms with Crippen LogP contribution in [0.2, 0.25) is 0 Å². The number of hydrogen-bond acceptors (Lipinski definition) is 2. The second kappa shape index (κ2) is 10.2. The number of hydrogen-bond donors (Lipinski definition) is 1. The third kappa shape index (κ3) is 6.62. The van der Waals surface area contributed by atoms with E-state index in [0.29, 0.717) is 6.04 Å². The Bertz CT molecular complexity index is 209. The molecule has 0 aliphatic heterocycles. The molecule has 2 atom stereocenters. The van der Waals surface area contributed by atoms with Gasteiger partial charge in [0.15, 0.2) is 0 Å². The van der Waals surface area contributed by atoms with Crippen molar-refractivity contribution in [3.05, 3.63) is 63.2 Å². The molecule has 0 aromatic carbocycles. The molecular formula is C16H23FeNO+2.